The molecule has 7 heteroatoms. The second-order valence-corrected chi connectivity index (χ2v) is 7.69. The standard InChI is InChI=1S/C12H17BrN2O3S/c1-15(11-4-2-3-5-12(11)16)19(17,18)10-6-9(13)7-14-8-10/h6-8,11-12,16H,2-5H2,1H3. The molecule has 2 unspecified atom stereocenters. The van der Waals surface area contributed by atoms with Crippen molar-refractivity contribution in [1.82, 2.24) is 9.29 Å². The van der Waals surface area contributed by atoms with Crippen LogP contribution in [0.4, 0.5) is 0 Å². The van der Waals surface area contributed by atoms with Crippen LogP contribution in [0, 0.1) is 0 Å². The highest BCUT2D eigenvalue weighted by Gasteiger charge is 2.34. The number of sulfonamides is 1. The van der Waals surface area contributed by atoms with Crippen molar-refractivity contribution in [3.8, 4) is 0 Å². The molecule has 1 N–H and O–H groups in total. The first-order chi connectivity index (χ1) is 8.93. The average Bonchev–Trinajstić information content (AvgIpc) is 2.38. The minimum absolute atomic E-state index is 0.141. The highest BCUT2D eigenvalue weighted by molar-refractivity contribution is 9.10. The van der Waals surface area contributed by atoms with E-state index in [1.807, 2.05) is 0 Å². The smallest absolute Gasteiger partial charge is 0.244 e. The summed E-state index contributed by atoms with van der Waals surface area (Å²) in [6.07, 6.45) is 5.51. The summed E-state index contributed by atoms with van der Waals surface area (Å²) in [6, 6.07) is 1.17. The first-order valence-electron chi connectivity index (χ1n) is 6.19. The SMILES string of the molecule is CN(C1CCCCC1O)S(=O)(=O)c1cncc(Br)c1. The largest absolute Gasteiger partial charge is 0.391 e. The van der Waals surface area contributed by atoms with E-state index in [1.165, 1.54) is 29.8 Å². The van der Waals surface area contributed by atoms with Gasteiger partial charge in [0.05, 0.1) is 12.1 Å². The third kappa shape index (κ3) is 3.16. The normalized spacial score (nSPS) is 24.6. The summed E-state index contributed by atoms with van der Waals surface area (Å²) in [5.74, 6) is 0. The molecule has 1 heterocycles. The lowest BCUT2D eigenvalue weighted by molar-refractivity contribution is 0.0638. The van der Waals surface area contributed by atoms with Crippen molar-refractivity contribution in [3.63, 3.8) is 0 Å². The summed E-state index contributed by atoms with van der Waals surface area (Å²) in [5, 5.41) is 9.97. The molecule has 1 aliphatic carbocycles. The van der Waals surface area contributed by atoms with Gasteiger partial charge in [-0.3, -0.25) is 4.98 Å². The zero-order valence-corrected chi connectivity index (χ0v) is 13.1. The molecule has 1 saturated carbocycles. The van der Waals surface area contributed by atoms with Gasteiger partial charge in [-0.25, -0.2) is 8.42 Å². The van der Waals surface area contributed by atoms with E-state index in [0.717, 1.165) is 12.8 Å². The molecule has 0 bridgehead atoms. The second kappa shape index (κ2) is 5.87. The van der Waals surface area contributed by atoms with Crippen LogP contribution < -0.4 is 0 Å². The topological polar surface area (TPSA) is 70.5 Å². The minimum Gasteiger partial charge on any atom is -0.391 e. The molecule has 0 aliphatic heterocycles. The molecule has 2 atom stereocenters. The van der Waals surface area contributed by atoms with Crippen LogP contribution in [0.5, 0.6) is 0 Å². The summed E-state index contributed by atoms with van der Waals surface area (Å²) < 4.78 is 26.9. The van der Waals surface area contributed by atoms with E-state index in [9.17, 15) is 13.5 Å². The van der Waals surface area contributed by atoms with Crippen LogP contribution in [0.3, 0.4) is 0 Å². The van der Waals surface area contributed by atoms with Crippen molar-refractivity contribution in [3.05, 3.63) is 22.9 Å². The van der Waals surface area contributed by atoms with Gasteiger partial charge in [0.1, 0.15) is 4.90 Å². The number of halogens is 1. The highest BCUT2D eigenvalue weighted by atomic mass is 79.9. The van der Waals surface area contributed by atoms with Crippen LogP contribution in [0.25, 0.3) is 0 Å². The summed E-state index contributed by atoms with van der Waals surface area (Å²) in [7, 11) is -2.09. The van der Waals surface area contributed by atoms with Gasteiger partial charge in [0.25, 0.3) is 0 Å². The fourth-order valence-corrected chi connectivity index (χ4v) is 4.32. The van der Waals surface area contributed by atoms with Crippen molar-refractivity contribution < 1.29 is 13.5 Å². The molecular formula is C12H17BrN2O3S. The molecule has 5 nitrogen and oxygen atoms in total. The first kappa shape index (κ1) is 14.9. The molecule has 1 aromatic heterocycles. The maximum absolute atomic E-state index is 12.5. The molecule has 0 saturated heterocycles. The van der Waals surface area contributed by atoms with Crippen molar-refractivity contribution in [2.24, 2.45) is 0 Å². The van der Waals surface area contributed by atoms with Crippen molar-refractivity contribution in [2.45, 2.75) is 42.7 Å². The lowest BCUT2D eigenvalue weighted by atomic mass is 9.93. The Labute approximate surface area is 121 Å². The van der Waals surface area contributed by atoms with E-state index in [0.29, 0.717) is 17.3 Å². The molecule has 0 aromatic carbocycles. The third-order valence-corrected chi connectivity index (χ3v) is 5.80. The van der Waals surface area contributed by atoms with E-state index >= 15 is 0 Å². The zero-order chi connectivity index (χ0) is 14.0. The van der Waals surface area contributed by atoms with Crippen LogP contribution in [0.15, 0.2) is 27.8 Å². The second-order valence-electron chi connectivity index (χ2n) is 4.78. The zero-order valence-electron chi connectivity index (χ0n) is 10.7. The van der Waals surface area contributed by atoms with Crippen LogP contribution in [-0.2, 0) is 10.0 Å². The highest BCUT2D eigenvalue weighted by Crippen LogP contribution is 2.27. The fraction of sp³-hybridized carbons (Fsp3) is 0.583. The number of rotatable bonds is 3. The predicted molar refractivity (Wildman–Crippen MR) is 75.1 cm³/mol. The van der Waals surface area contributed by atoms with Gasteiger partial charge in [0.2, 0.25) is 10.0 Å². The quantitative estimate of drug-likeness (QED) is 0.903. The van der Waals surface area contributed by atoms with E-state index in [-0.39, 0.29) is 10.9 Å². The Morgan fingerprint density at radius 1 is 1.37 bits per heavy atom. The molecule has 1 fully saturated rings. The van der Waals surface area contributed by atoms with Gasteiger partial charge in [-0.1, -0.05) is 12.8 Å². The van der Waals surface area contributed by atoms with E-state index in [4.69, 9.17) is 0 Å². The van der Waals surface area contributed by atoms with E-state index < -0.39 is 16.1 Å². The summed E-state index contributed by atoms with van der Waals surface area (Å²) in [5.41, 5.74) is 0. The fourth-order valence-electron chi connectivity index (χ4n) is 2.39. The van der Waals surface area contributed by atoms with Crippen molar-refractivity contribution >= 4 is 26.0 Å². The number of aromatic nitrogens is 1. The van der Waals surface area contributed by atoms with Gasteiger partial charge >= 0.3 is 0 Å². The van der Waals surface area contributed by atoms with Gasteiger partial charge in [0.15, 0.2) is 0 Å². The molecule has 0 radical (unpaired) electrons. The Kier molecular flexibility index (Phi) is 4.60. The number of likely N-dealkylation sites (N-methyl/N-ethyl adjacent to an activating group) is 1. The predicted octanol–water partition coefficient (Wildman–Crippen LogP) is 1.77. The molecular weight excluding hydrogens is 332 g/mol. The number of nitrogens with zero attached hydrogens (tertiary/aromatic N) is 2. The molecule has 0 amide bonds. The molecule has 2 rings (SSSR count). The first-order valence-corrected chi connectivity index (χ1v) is 8.43. The maximum atomic E-state index is 12.5. The van der Waals surface area contributed by atoms with Crippen molar-refractivity contribution in [1.29, 1.82) is 0 Å². The lowest BCUT2D eigenvalue weighted by Crippen LogP contribution is -2.46. The molecule has 19 heavy (non-hydrogen) atoms. The molecule has 0 spiro atoms. The van der Waals surface area contributed by atoms with Gasteiger partial charge in [0, 0.05) is 23.9 Å². The van der Waals surface area contributed by atoms with Gasteiger partial charge in [-0.05, 0) is 34.8 Å². The van der Waals surface area contributed by atoms with E-state index in [2.05, 4.69) is 20.9 Å². The van der Waals surface area contributed by atoms with Crippen molar-refractivity contribution in [2.75, 3.05) is 7.05 Å². The number of aliphatic hydroxyl groups is 1. The summed E-state index contributed by atoms with van der Waals surface area (Å²) in [6.45, 7) is 0. The van der Waals surface area contributed by atoms with E-state index in [1.54, 1.807) is 0 Å². The third-order valence-electron chi connectivity index (χ3n) is 3.52. The number of hydrogen-bond donors (Lipinski definition) is 1. The Bertz CT molecular complexity index is 550. The van der Waals surface area contributed by atoms with Crippen LogP contribution in [-0.4, -0.2) is 42.0 Å². The maximum Gasteiger partial charge on any atom is 0.244 e. The molecule has 1 aromatic rings. The average molecular weight is 349 g/mol. The minimum atomic E-state index is -3.61. The van der Waals surface area contributed by atoms with Gasteiger partial charge in [-0.2, -0.15) is 4.31 Å². The Balaban J connectivity index is 2.28. The molecule has 1 aliphatic rings. The van der Waals surface area contributed by atoms with Crippen LogP contribution >= 0.6 is 15.9 Å². The van der Waals surface area contributed by atoms with Gasteiger partial charge < -0.3 is 5.11 Å². The Hall–Kier alpha value is -0.500. The van der Waals surface area contributed by atoms with Crippen LogP contribution in [0.2, 0.25) is 0 Å². The van der Waals surface area contributed by atoms with Crippen LogP contribution in [0.1, 0.15) is 25.7 Å². The monoisotopic (exact) mass is 348 g/mol. The number of aliphatic hydroxyl groups excluding tert-OH is 1. The van der Waals surface area contributed by atoms with Gasteiger partial charge in [-0.15, -0.1) is 0 Å². The summed E-state index contributed by atoms with van der Waals surface area (Å²) in [4.78, 5) is 4.02. The number of hydrogen-bond acceptors (Lipinski definition) is 4. The molecule has 106 valence electrons. The lowest BCUT2D eigenvalue weighted by Gasteiger charge is -2.34. The summed E-state index contributed by atoms with van der Waals surface area (Å²) >= 11 is 3.22. The Morgan fingerprint density at radius 3 is 2.68 bits per heavy atom. The Morgan fingerprint density at radius 2 is 2.05 bits per heavy atom. The number of pyridine rings is 1.